The summed E-state index contributed by atoms with van der Waals surface area (Å²) in [7, 11) is -4.60. The highest BCUT2D eigenvalue weighted by atomic mass is 31.2. The van der Waals surface area contributed by atoms with Crippen LogP contribution < -0.4 is 9.05 Å². The molecular formula is C34H43O8P. The van der Waals surface area contributed by atoms with Crippen LogP contribution in [-0.2, 0) is 37.8 Å². The lowest BCUT2D eigenvalue weighted by atomic mass is 9.50. The van der Waals surface area contributed by atoms with E-state index < -0.39 is 30.6 Å². The van der Waals surface area contributed by atoms with E-state index in [4.69, 9.17) is 9.05 Å². The van der Waals surface area contributed by atoms with Crippen molar-refractivity contribution in [3.63, 3.8) is 0 Å². The molecule has 0 aromatic heterocycles. The summed E-state index contributed by atoms with van der Waals surface area (Å²) in [4.78, 5) is 35.5. The number of phosphoric ester groups is 1. The summed E-state index contributed by atoms with van der Waals surface area (Å²) in [6.07, 6.45) is 7.66. The Labute approximate surface area is 253 Å². The minimum Gasteiger partial charge on any atom is -0.481 e. The Morgan fingerprint density at radius 2 is 1.12 bits per heavy atom. The van der Waals surface area contributed by atoms with Gasteiger partial charge in [0.2, 0.25) is 0 Å². The second kappa shape index (κ2) is 10.1. The van der Waals surface area contributed by atoms with Crippen LogP contribution in [0.15, 0.2) is 36.4 Å². The van der Waals surface area contributed by atoms with Gasteiger partial charge in [0.15, 0.2) is 0 Å². The number of aryl methyl sites for hydroxylation is 2. The second-order valence-electron chi connectivity index (χ2n) is 14.5. The average molecular weight is 611 g/mol. The lowest BCUT2D eigenvalue weighted by Crippen LogP contribution is -2.52. The Balaban J connectivity index is 1.26. The average Bonchev–Trinajstić information content (AvgIpc) is 2.93. The van der Waals surface area contributed by atoms with Crippen LogP contribution in [0.3, 0.4) is 0 Å². The summed E-state index contributed by atoms with van der Waals surface area (Å²) in [5, 5.41) is 20.2. The van der Waals surface area contributed by atoms with Crippen LogP contribution in [0.4, 0.5) is 0 Å². The normalized spacial score (nSPS) is 36.1. The van der Waals surface area contributed by atoms with Gasteiger partial charge in [0.25, 0.3) is 0 Å². The molecule has 0 amide bonds. The van der Waals surface area contributed by atoms with Crippen LogP contribution in [0.25, 0.3) is 0 Å². The van der Waals surface area contributed by atoms with Crippen LogP contribution >= 0.6 is 7.82 Å². The van der Waals surface area contributed by atoms with E-state index in [0.717, 1.165) is 73.6 Å². The molecule has 2 aromatic rings. The molecule has 6 atom stereocenters. The van der Waals surface area contributed by atoms with E-state index in [1.807, 2.05) is 26.0 Å². The number of carboxylic acids is 2. The number of carboxylic acid groups (broad SMARTS) is 2. The molecule has 0 aliphatic heterocycles. The first kappa shape index (κ1) is 30.2. The molecule has 0 heterocycles. The Bertz CT molecular complexity index is 1430. The zero-order valence-electron chi connectivity index (χ0n) is 25.5. The Hall–Kier alpha value is -2.83. The minimum atomic E-state index is -4.60. The van der Waals surface area contributed by atoms with E-state index in [1.165, 1.54) is 0 Å². The molecular weight excluding hydrogens is 567 g/mol. The second-order valence-corrected chi connectivity index (χ2v) is 15.8. The van der Waals surface area contributed by atoms with Crippen LogP contribution in [0.1, 0.15) is 101 Å². The molecule has 0 spiro atoms. The maximum absolute atomic E-state index is 13.4. The molecule has 8 nitrogen and oxygen atoms in total. The zero-order valence-corrected chi connectivity index (χ0v) is 26.4. The highest BCUT2D eigenvalue weighted by Gasteiger charge is 2.56. The first-order valence-electron chi connectivity index (χ1n) is 15.6. The summed E-state index contributed by atoms with van der Waals surface area (Å²) in [6.45, 7) is 7.96. The Kier molecular flexibility index (Phi) is 7.09. The highest BCUT2D eigenvalue weighted by Crippen LogP contribution is 2.60. The topological polar surface area (TPSA) is 130 Å². The third kappa shape index (κ3) is 4.71. The van der Waals surface area contributed by atoms with E-state index in [2.05, 4.69) is 13.8 Å². The minimum absolute atomic E-state index is 0.0466. The van der Waals surface area contributed by atoms with Crippen molar-refractivity contribution in [1.29, 1.82) is 0 Å². The molecule has 2 fully saturated rings. The van der Waals surface area contributed by atoms with Gasteiger partial charge in [-0.05, 0) is 134 Å². The van der Waals surface area contributed by atoms with E-state index >= 15 is 0 Å². The summed E-state index contributed by atoms with van der Waals surface area (Å²) in [5.74, 6) is -1.20. The molecule has 0 saturated heterocycles. The third-order valence-electron chi connectivity index (χ3n) is 12.1. The van der Waals surface area contributed by atoms with Gasteiger partial charge in [-0.3, -0.25) is 14.5 Å². The molecule has 2 aromatic carbocycles. The van der Waals surface area contributed by atoms with E-state index in [9.17, 15) is 29.3 Å². The molecule has 4 aliphatic carbocycles. The third-order valence-corrected chi connectivity index (χ3v) is 13.0. The molecule has 43 heavy (non-hydrogen) atoms. The predicted octanol–water partition coefficient (Wildman–Crippen LogP) is 7.43. The largest absolute Gasteiger partial charge is 0.584 e. The standard InChI is InChI=1S/C34H43O8P/c1-31-15-5-17-33(3,29(35)36)27(31)13-9-21-7-11-23(19-25(21)31)41-43(39,40)42-24-12-8-22-10-14-28-32(2,26(22)20-24)16-6-18-34(28,4)30(37)38/h7-8,11-12,19-20,27-28H,5-6,9-10,13-18H2,1-4H3,(H,35,36)(H,37,38)(H,39,40)/t27-,28-,31-,32-,33+,34+/m1/s1. The van der Waals surface area contributed by atoms with Crippen molar-refractivity contribution in [3.8, 4) is 11.5 Å². The molecule has 0 bridgehead atoms. The lowest BCUT2D eigenvalue weighted by Gasteiger charge is -2.53. The van der Waals surface area contributed by atoms with Crippen LogP contribution in [-0.4, -0.2) is 27.0 Å². The van der Waals surface area contributed by atoms with Crippen molar-refractivity contribution in [2.45, 2.75) is 103 Å². The number of phosphoric acid groups is 1. The summed E-state index contributed by atoms with van der Waals surface area (Å²) < 4.78 is 24.6. The molecule has 9 heteroatoms. The first-order valence-corrected chi connectivity index (χ1v) is 17.1. The molecule has 6 rings (SSSR count). The van der Waals surface area contributed by atoms with Gasteiger partial charge in [-0.15, -0.1) is 0 Å². The number of rotatable bonds is 6. The van der Waals surface area contributed by atoms with Crippen molar-refractivity contribution in [1.82, 2.24) is 0 Å². The predicted molar refractivity (Wildman–Crippen MR) is 161 cm³/mol. The van der Waals surface area contributed by atoms with Crippen molar-refractivity contribution >= 4 is 19.8 Å². The van der Waals surface area contributed by atoms with Gasteiger partial charge in [-0.2, -0.15) is 0 Å². The fraction of sp³-hybridized carbons (Fsp3) is 0.588. The SMILES string of the molecule is C[C@]1(C(=O)O)CCC[C@]2(C)c3cc(OP(=O)(O)Oc4ccc5c(c4)[C@@]4(C)CCC[C@](C)(C(=O)O)[C@@H]4CC5)ccc3CC[C@@H]12. The fourth-order valence-corrected chi connectivity index (χ4v) is 10.6. The summed E-state index contributed by atoms with van der Waals surface area (Å²) in [5.41, 5.74) is 1.81. The first-order chi connectivity index (χ1) is 20.1. The smallest absolute Gasteiger partial charge is 0.481 e. The quantitative estimate of drug-likeness (QED) is 0.288. The molecule has 0 unspecified atom stereocenters. The van der Waals surface area contributed by atoms with Crippen LogP contribution in [0, 0.1) is 22.7 Å². The van der Waals surface area contributed by atoms with Gasteiger partial charge in [0.05, 0.1) is 10.8 Å². The number of hydrogen-bond donors (Lipinski definition) is 3. The monoisotopic (exact) mass is 610 g/mol. The Morgan fingerprint density at radius 1 is 0.721 bits per heavy atom. The van der Waals surface area contributed by atoms with Gasteiger partial charge in [0.1, 0.15) is 11.5 Å². The van der Waals surface area contributed by atoms with E-state index in [1.54, 1.807) is 24.3 Å². The van der Waals surface area contributed by atoms with E-state index in [-0.39, 0.29) is 34.2 Å². The number of carbonyl (C=O) groups is 2. The molecule has 0 radical (unpaired) electrons. The van der Waals surface area contributed by atoms with Gasteiger partial charge >= 0.3 is 19.8 Å². The molecule has 2 saturated carbocycles. The number of hydrogen-bond acceptors (Lipinski definition) is 5. The number of aliphatic carboxylic acids is 2. The number of fused-ring (bicyclic) bond motifs is 6. The fourth-order valence-electron chi connectivity index (χ4n) is 9.79. The molecule has 3 N–H and O–H groups in total. The molecule has 4 aliphatic rings. The van der Waals surface area contributed by atoms with Gasteiger partial charge in [-0.25, -0.2) is 4.57 Å². The van der Waals surface area contributed by atoms with Crippen molar-refractivity contribution < 1.29 is 38.3 Å². The highest BCUT2D eigenvalue weighted by molar-refractivity contribution is 7.48. The maximum Gasteiger partial charge on any atom is 0.584 e. The van der Waals surface area contributed by atoms with Crippen LogP contribution in [0.2, 0.25) is 0 Å². The van der Waals surface area contributed by atoms with Gasteiger partial charge < -0.3 is 19.3 Å². The van der Waals surface area contributed by atoms with Crippen molar-refractivity contribution in [3.05, 3.63) is 58.7 Å². The van der Waals surface area contributed by atoms with E-state index in [0.29, 0.717) is 12.8 Å². The maximum atomic E-state index is 13.4. The zero-order chi connectivity index (χ0) is 31.0. The number of benzene rings is 2. The summed E-state index contributed by atoms with van der Waals surface area (Å²) >= 11 is 0. The van der Waals surface area contributed by atoms with Crippen molar-refractivity contribution in [2.24, 2.45) is 22.7 Å². The lowest BCUT2D eigenvalue weighted by molar-refractivity contribution is -0.158. The van der Waals surface area contributed by atoms with Gasteiger partial charge in [0, 0.05) is 0 Å². The van der Waals surface area contributed by atoms with Crippen molar-refractivity contribution in [2.75, 3.05) is 0 Å². The Morgan fingerprint density at radius 3 is 1.49 bits per heavy atom. The summed E-state index contributed by atoms with van der Waals surface area (Å²) in [6, 6.07) is 10.8. The van der Waals surface area contributed by atoms with Gasteiger partial charge in [-0.1, -0.05) is 38.8 Å². The van der Waals surface area contributed by atoms with Crippen LogP contribution in [0.5, 0.6) is 11.5 Å². The molecule has 232 valence electrons.